The number of Topliss-reactive ketones (excluding diaryl/α,β-unsaturated/α-hetero) is 1. The maximum Gasteiger partial charge on any atom is 0.196 e. The minimum Gasteiger partial charge on any atom is -0.497 e. The Morgan fingerprint density at radius 3 is 1.62 bits per heavy atom. The van der Waals surface area contributed by atoms with Crippen LogP contribution < -0.4 is 9.47 Å². The van der Waals surface area contributed by atoms with Crippen LogP contribution in [0, 0.1) is 0 Å². The van der Waals surface area contributed by atoms with Crippen LogP contribution in [0.2, 0.25) is 0 Å². The van der Waals surface area contributed by atoms with E-state index >= 15 is 0 Å². The van der Waals surface area contributed by atoms with Crippen molar-refractivity contribution in [1.29, 1.82) is 0 Å². The van der Waals surface area contributed by atoms with Gasteiger partial charge in [-0.2, -0.15) is 0 Å². The first-order valence-electron chi connectivity index (χ1n) is 7.38. The van der Waals surface area contributed by atoms with Crippen molar-refractivity contribution in [2.24, 2.45) is 0 Å². The van der Waals surface area contributed by atoms with Gasteiger partial charge in [-0.15, -0.1) is 0 Å². The molecule has 0 radical (unpaired) electrons. The van der Waals surface area contributed by atoms with Gasteiger partial charge in [0.15, 0.2) is 5.78 Å². The summed E-state index contributed by atoms with van der Waals surface area (Å²) in [5.74, 6) is 1.46. The SMILES string of the molecule is COc1ccc(C(=O)C(=C(I)N(C)C)c2ccc(OC)cc2)cc1. The summed E-state index contributed by atoms with van der Waals surface area (Å²) in [5.41, 5.74) is 2.14. The van der Waals surface area contributed by atoms with E-state index in [1.807, 2.05) is 43.3 Å². The van der Waals surface area contributed by atoms with E-state index in [0.717, 1.165) is 20.8 Å². The number of benzene rings is 2. The van der Waals surface area contributed by atoms with Gasteiger partial charge in [-0.25, -0.2) is 0 Å². The Bertz CT molecular complexity index is 734. The molecule has 0 amide bonds. The van der Waals surface area contributed by atoms with Crippen LogP contribution in [0.4, 0.5) is 0 Å². The fourth-order valence-electron chi connectivity index (χ4n) is 2.21. The number of ether oxygens (including phenoxy) is 2. The van der Waals surface area contributed by atoms with Crippen LogP contribution in [0.1, 0.15) is 15.9 Å². The van der Waals surface area contributed by atoms with Gasteiger partial charge in [-0.1, -0.05) is 12.1 Å². The molecule has 4 nitrogen and oxygen atoms in total. The molecule has 24 heavy (non-hydrogen) atoms. The Hall–Kier alpha value is -2.02. The number of ketones is 1. The second kappa shape index (κ2) is 8.19. The van der Waals surface area contributed by atoms with Crippen LogP contribution in [0.5, 0.6) is 11.5 Å². The van der Waals surface area contributed by atoms with Crippen molar-refractivity contribution in [3.63, 3.8) is 0 Å². The van der Waals surface area contributed by atoms with Crippen molar-refractivity contribution < 1.29 is 14.3 Å². The van der Waals surface area contributed by atoms with Crippen molar-refractivity contribution in [2.45, 2.75) is 0 Å². The first kappa shape index (κ1) is 18.3. The summed E-state index contributed by atoms with van der Waals surface area (Å²) in [5, 5.41) is 0. The summed E-state index contributed by atoms with van der Waals surface area (Å²) < 4.78 is 11.2. The Morgan fingerprint density at radius 1 is 0.833 bits per heavy atom. The monoisotopic (exact) mass is 437 g/mol. The van der Waals surface area contributed by atoms with Crippen molar-refractivity contribution in [3.8, 4) is 11.5 Å². The highest BCUT2D eigenvalue weighted by molar-refractivity contribution is 14.1. The lowest BCUT2D eigenvalue weighted by Crippen LogP contribution is -2.13. The standard InChI is InChI=1S/C19H20INO3/c1-21(2)19(20)17(13-5-9-15(23-3)10-6-13)18(22)14-7-11-16(24-4)12-8-14/h5-12H,1-4H3. The van der Waals surface area contributed by atoms with Gasteiger partial charge < -0.3 is 14.4 Å². The maximum atomic E-state index is 13.1. The molecular weight excluding hydrogens is 417 g/mol. The third kappa shape index (κ3) is 4.08. The minimum absolute atomic E-state index is 0.0269. The fourth-order valence-corrected chi connectivity index (χ4v) is 2.77. The molecule has 0 bridgehead atoms. The number of allylic oxidation sites excluding steroid dienone is 1. The molecule has 0 heterocycles. The third-order valence-electron chi connectivity index (χ3n) is 3.56. The minimum atomic E-state index is -0.0269. The van der Waals surface area contributed by atoms with Crippen LogP contribution in [-0.2, 0) is 0 Å². The Labute approximate surface area is 156 Å². The van der Waals surface area contributed by atoms with E-state index in [2.05, 4.69) is 22.6 Å². The normalized spacial score (nSPS) is 11.5. The Morgan fingerprint density at radius 2 is 1.25 bits per heavy atom. The number of nitrogens with zero attached hydrogens (tertiary/aromatic N) is 1. The maximum absolute atomic E-state index is 13.1. The van der Waals surface area contributed by atoms with Gasteiger partial charge in [0.25, 0.3) is 0 Å². The molecule has 0 saturated heterocycles. The predicted octanol–water partition coefficient (Wildman–Crippen LogP) is 4.25. The topological polar surface area (TPSA) is 38.8 Å². The summed E-state index contributed by atoms with van der Waals surface area (Å²) in [4.78, 5) is 15.0. The predicted molar refractivity (Wildman–Crippen MR) is 105 cm³/mol. The lowest BCUT2D eigenvalue weighted by Gasteiger charge is -2.17. The smallest absolute Gasteiger partial charge is 0.196 e. The van der Waals surface area contributed by atoms with Crippen LogP contribution in [-0.4, -0.2) is 39.0 Å². The number of rotatable bonds is 6. The number of hydrogen-bond acceptors (Lipinski definition) is 4. The van der Waals surface area contributed by atoms with Crippen molar-refractivity contribution in [1.82, 2.24) is 4.90 Å². The van der Waals surface area contributed by atoms with E-state index in [1.54, 1.807) is 38.5 Å². The molecule has 2 rings (SSSR count). The molecule has 5 heteroatoms. The number of methoxy groups -OCH3 is 2. The highest BCUT2D eigenvalue weighted by Crippen LogP contribution is 2.30. The average molecular weight is 437 g/mol. The first-order valence-corrected chi connectivity index (χ1v) is 8.46. The van der Waals surface area contributed by atoms with Gasteiger partial charge >= 0.3 is 0 Å². The highest BCUT2D eigenvalue weighted by Gasteiger charge is 2.19. The quantitative estimate of drug-likeness (QED) is 0.293. The van der Waals surface area contributed by atoms with Gasteiger partial charge in [-0.05, 0) is 64.6 Å². The molecule has 2 aromatic rings. The van der Waals surface area contributed by atoms with Crippen molar-refractivity contribution >= 4 is 33.9 Å². The zero-order chi connectivity index (χ0) is 17.7. The molecule has 0 N–H and O–H groups in total. The molecule has 126 valence electrons. The molecule has 0 aromatic heterocycles. The largest absolute Gasteiger partial charge is 0.497 e. The first-order chi connectivity index (χ1) is 11.5. The molecule has 2 aromatic carbocycles. The molecule has 0 aliphatic rings. The summed E-state index contributed by atoms with van der Waals surface area (Å²) in [6, 6.07) is 14.7. The lowest BCUT2D eigenvalue weighted by molar-refractivity contribution is 0.105. The summed E-state index contributed by atoms with van der Waals surface area (Å²) >= 11 is 2.20. The number of hydrogen-bond donors (Lipinski definition) is 0. The van der Waals surface area contributed by atoms with E-state index in [9.17, 15) is 4.79 Å². The Balaban J connectivity index is 2.49. The molecule has 0 spiro atoms. The van der Waals surface area contributed by atoms with Gasteiger partial charge in [0.1, 0.15) is 11.5 Å². The number of carbonyl (C=O) groups excluding carboxylic acids is 1. The van der Waals surface area contributed by atoms with E-state index < -0.39 is 0 Å². The van der Waals surface area contributed by atoms with E-state index in [0.29, 0.717) is 11.1 Å². The molecule has 0 unspecified atom stereocenters. The summed E-state index contributed by atoms with van der Waals surface area (Å²) in [6.07, 6.45) is 0. The van der Waals surface area contributed by atoms with Crippen LogP contribution in [0.3, 0.4) is 0 Å². The zero-order valence-electron chi connectivity index (χ0n) is 14.2. The molecule has 0 aliphatic carbocycles. The molecule has 0 fully saturated rings. The van der Waals surface area contributed by atoms with Crippen LogP contribution in [0.15, 0.2) is 52.2 Å². The Kier molecular flexibility index (Phi) is 6.25. The molecule has 0 saturated carbocycles. The highest BCUT2D eigenvalue weighted by atomic mass is 127. The van der Waals surface area contributed by atoms with Gasteiger partial charge in [0.2, 0.25) is 0 Å². The number of halogens is 1. The van der Waals surface area contributed by atoms with Gasteiger partial charge in [0, 0.05) is 19.7 Å². The van der Waals surface area contributed by atoms with E-state index in [4.69, 9.17) is 9.47 Å². The van der Waals surface area contributed by atoms with Crippen molar-refractivity contribution in [3.05, 3.63) is 63.4 Å². The molecule has 0 atom stereocenters. The summed E-state index contributed by atoms with van der Waals surface area (Å²) in [6.45, 7) is 0. The number of carbonyl (C=O) groups is 1. The van der Waals surface area contributed by atoms with Gasteiger partial charge in [-0.3, -0.25) is 4.79 Å². The second-order valence-corrected chi connectivity index (χ2v) is 6.37. The second-order valence-electron chi connectivity index (χ2n) is 5.35. The van der Waals surface area contributed by atoms with E-state index in [-0.39, 0.29) is 5.78 Å². The third-order valence-corrected chi connectivity index (χ3v) is 5.06. The lowest BCUT2D eigenvalue weighted by atomic mass is 9.97. The summed E-state index contributed by atoms with van der Waals surface area (Å²) in [7, 11) is 7.07. The zero-order valence-corrected chi connectivity index (χ0v) is 16.3. The van der Waals surface area contributed by atoms with Crippen molar-refractivity contribution in [2.75, 3.05) is 28.3 Å². The van der Waals surface area contributed by atoms with E-state index in [1.165, 1.54) is 0 Å². The fraction of sp³-hybridized carbons (Fsp3) is 0.211. The molecular formula is C19H20INO3. The van der Waals surface area contributed by atoms with Crippen LogP contribution in [0.25, 0.3) is 5.57 Å². The van der Waals surface area contributed by atoms with Gasteiger partial charge in [0.05, 0.1) is 23.5 Å². The average Bonchev–Trinajstić information content (AvgIpc) is 2.62. The van der Waals surface area contributed by atoms with Crippen LogP contribution >= 0.6 is 22.6 Å². The molecule has 0 aliphatic heterocycles.